The third-order valence-electron chi connectivity index (χ3n) is 4.54. The molecule has 0 saturated heterocycles. The molecule has 1 atom stereocenters. The van der Waals surface area contributed by atoms with E-state index in [0.29, 0.717) is 13.0 Å². The molecule has 4 heteroatoms. The smallest absolute Gasteiger partial charge is 0.220 e. The summed E-state index contributed by atoms with van der Waals surface area (Å²) in [5.41, 5.74) is 3.27. The summed E-state index contributed by atoms with van der Waals surface area (Å²) in [5, 5.41) is 4.97. The summed E-state index contributed by atoms with van der Waals surface area (Å²) in [6.45, 7) is 2.62. The predicted octanol–water partition coefficient (Wildman–Crippen LogP) is 5.26. The van der Waals surface area contributed by atoms with Crippen LogP contribution in [0.25, 0.3) is 10.9 Å². The molecule has 3 nitrogen and oxygen atoms in total. The molecule has 0 aliphatic rings. The number of aromatic nitrogens is 1. The first-order valence-corrected chi connectivity index (χ1v) is 9.15. The number of halogens is 1. The van der Waals surface area contributed by atoms with E-state index >= 15 is 0 Å². The van der Waals surface area contributed by atoms with Crippen molar-refractivity contribution in [3.8, 4) is 0 Å². The van der Waals surface area contributed by atoms with E-state index in [2.05, 4.69) is 29.4 Å². The van der Waals surface area contributed by atoms with Crippen molar-refractivity contribution in [3.63, 3.8) is 0 Å². The molecule has 3 aromatic rings. The molecule has 130 valence electrons. The maximum atomic E-state index is 12.1. The molecule has 1 amide bonds. The molecule has 0 fully saturated rings. The Balaban J connectivity index is 1.92. The van der Waals surface area contributed by atoms with Crippen molar-refractivity contribution in [1.82, 2.24) is 10.3 Å². The van der Waals surface area contributed by atoms with Gasteiger partial charge in [0.2, 0.25) is 5.91 Å². The lowest BCUT2D eigenvalue weighted by Gasteiger charge is -2.19. The number of rotatable bonds is 7. The van der Waals surface area contributed by atoms with Gasteiger partial charge in [-0.1, -0.05) is 61.3 Å². The molecule has 1 unspecified atom stereocenters. The average Bonchev–Trinajstić information content (AvgIpc) is 3.05. The zero-order valence-electron chi connectivity index (χ0n) is 14.4. The van der Waals surface area contributed by atoms with Crippen molar-refractivity contribution in [2.75, 3.05) is 6.54 Å². The summed E-state index contributed by atoms with van der Waals surface area (Å²) >= 11 is 6.46. The molecule has 0 saturated carbocycles. The normalized spacial score (nSPS) is 12.2. The summed E-state index contributed by atoms with van der Waals surface area (Å²) in [7, 11) is 0. The molecule has 1 aromatic heterocycles. The Morgan fingerprint density at radius 1 is 1.12 bits per heavy atom. The highest BCUT2D eigenvalue weighted by atomic mass is 35.5. The minimum atomic E-state index is 0.00965. The van der Waals surface area contributed by atoms with Gasteiger partial charge in [0.05, 0.1) is 0 Å². The number of carbonyl (C=O) groups is 1. The van der Waals surface area contributed by atoms with E-state index in [0.717, 1.165) is 39.9 Å². The van der Waals surface area contributed by atoms with E-state index in [9.17, 15) is 4.79 Å². The fraction of sp³-hybridized carbons (Fsp3) is 0.286. The molecule has 0 bridgehead atoms. The average molecular weight is 355 g/mol. The Labute approximate surface area is 153 Å². The van der Waals surface area contributed by atoms with Crippen LogP contribution in [-0.4, -0.2) is 17.4 Å². The summed E-state index contributed by atoms with van der Waals surface area (Å²) in [4.78, 5) is 15.4. The third-order valence-corrected chi connectivity index (χ3v) is 4.88. The van der Waals surface area contributed by atoms with Gasteiger partial charge in [0.15, 0.2) is 0 Å². The lowest BCUT2D eigenvalue weighted by molar-refractivity contribution is -0.121. The zero-order chi connectivity index (χ0) is 17.6. The van der Waals surface area contributed by atoms with Gasteiger partial charge in [-0.25, -0.2) is 0 Å². The highest BCUT2D eigenvalue weighted by Gasteiger charge is 2.21. The van der Waals surface area contributed by atoms with E-state index in [1.807, 2.05) is 42.6 Å². The topological polar surface area (TPSA) is 44.9 Å². The molecule has 3 rings (SSSR count). The Morgan fingerprint density at radius 3 is 2.68 bits per heavy atom. The number of hydrogen-bond donors (Lipinski definition) is 2. The first kappa shape index (κ1) is 17.6. The van der Waals surface area contributed by atoms with Crippen LogP contribution in [0.3, 0.4) is 0 Å². The monoisotopic (exact) mass is 354 g/mol. The number of nitrogens with one attached hydrogen (secondary N) is 2. The zero-order valence-corrected chi connectivity index (χ0v) is 15.1. The van der Waals surface area contributed by atoms with Crippen LogP contribution in [0.2, 0.25) is 5.02 Å². The van der Waals surface area contributed by atoms with Gasteiger partial charge in [-0.3, -0.25) is 4.79 Å². The number of H-pyrrole nitrogens is 1. The Morgan fingerprint density at radius 2 is 1.88 bits per heavy atom. The quantitative estimate of drug-likeness (QED) is 0.597. The Bertz CT molecular complexity index is 856. The first-order valence-electron chi connectivity index (χ1n) is 8.77. The molecule has 1 heterocycles. The molecule has 25 heavy (non-hydrogen) atoms. The minimum Gasteiger partial charge on any atom is -0.361 e. The van der Waals surface area contributed by atoms with Crippen LogP contribution in [0.1, 0.15) is 43.2 Å². The molecule has 0 spiro atoms. The number of para-hydroxylation sites is 1. The summed E-state index contributed by atoms with van der Waals surface area (Å²) in [6.07, 6.45) is 4.52. The highest BCUT2D eigenvalue weighted by Crippen LogP contribution is 2.34. The van der Waals surface area contributed by atoms with Crippen molar-refractivity contribution < 1.29 is 4.79 Å². The van der Waals surface area contributed by atoms with Crippen molar-refractivity contribution in [1.29, 1.82) is 0 Å². The van der Waals surface area contributed by atoms with Crippen LogP contribution in [0, 0.1) is 0 Å². The van der Waals surface area contributed by atoms with Gasteiger partial charge in [0.1, 0.15) is 0 Å². The Hall–Kier alpha value is -2.26. The third kappa shape index (κ3) is 4.05. The van der Waals surface area contributed by atoms with Gasteiger partial charge in [-0.05, 0) is 29.7 Å². The van der Waals surface area contributed by atoms with Gasteiger partial charge in [-0.15, -0.1) is 0 Å². The van der Waals surface area contributed by atoms with Crippen LogP contribution >= 0.6 is 11.6 Å². The first-order chi connectivity index (χ1) is 12.2. The molecule has 0 aliphatic heterocycles. The summed E-state index contributed by atoms with van der Waals surface area (Å²) in [6, 6.07) is 16.1. The van der Waals surface area contributed by atoms with Crippen molar-refractivity contribution in [2.24, 2.45) is 0 Å². The van der Waals surface area contributed by atoms with Crippen molar-refractivity contribution >= 4 is 28.4 Å². The number of unbranched alkanes of at least 4 members (excludes halogenated alkanes) is 1. The SMILES string of the molecule is CCCCC(=O)NCC(c1ccccc1Cl)c1c[nH]c2ccccc12. The van der Waals surface area contributed by atoms with Crippen molar-refractivity contribution in [2.45, 2.75) is 32.1 Å². The fourth-order valence-corrected chi connectivity index (χ4v) is 3.44. The fourth-order valence-electron chi connectivity index (χ4n) is 3.17. The summed E-state index contributed by atoms with van der Waals surface area (Å²) in [5.74, 6) is 0.106. The second-order valence-corrected chi connectivity index (χ2v) is 6.68. The number of fused-ring (bicyclic) bond motifs is 1. The number of carbonyl (C=O) groups excluding carboxylic acids is 1. The highest BCUT2D eigenvalue weighted by molar-refractivity contribution is 6.31. The number of aromatic amines is 1. The van der Waals surface area contributed by atoms with Crippen LogP contribution in [-0.2, 0) is 4.79 Å². The molecule has 0 radical (unpaired) electrons. The van der Waals surface area contributed by atoms with Crippen LogP contribution in [0.5, 0.6) is 0 Å². The lowest BCUT2D eigenvalue weighted by atomic mass is 9.90. The van der Waals surface area contributed by atoms with Crippen molar-refractivity contribution in [3.05, 3.63) is 70.9 Å². The maximum Gasteiger partial charge on any atom is 0.220 e. The van der Waals surface area contributed by atoms with E-state index in [1.54, 1.807) is 0 Å². The molecule has 2 N–H and O–H groups in total. The van der Waals surface area contributed by atoms with Gasteiger partial charge < -0.3 is 10.3 Å². The maximum absolute atomic E-state index is 12.1. The van der Waals surface area contributed by atoms with Gasteiger partial charge >= 0.3 is 0 Å². The van der Waals surface area contributed by atoms with Crippen LogP contribution in [0.15, 0.2) is 54.7 Å². The summed E-state index contributed by atoms with van der Waals surface area (Å²) < 4.78 is 0. The second-order valence-electron chi connectivity index (χ2n) is 6.27. The Kier molecular flexibility index (Phi) is 5.77. The van der Waals surface area contributed by atoms with Crippen LogP contribution < -0.4 is 5.32 Å². The van der Waals surface area contributed by atoms with Crippen LogP contribution in [0.4, 0.5) is 0 Å². The second kappa shape index (κ2) is 8.21. The van der Waals surface area contributed by atoms with Gasteiger partial charge in [0, 0.05) is 41.0 Å². The number of hydrogen-bond acceptors (Lipinski definition) is 1. The minimum absolute atomic E-state index is 0.00965. The largest absolute Gasteiger partial charge is 0.361 e. The molecular formula is C21H23ClN2O. The predicted molar refractivity (Wildman–Crippen MR) is 104 cm³/mol. The van der Waals surface area contributed by atoms with E-state index < -0.39 is 0 Å². The van der Waals surface area contributed by atoms with E-state index in [-0.39, 0.29) is 11.8 Å². The standard InChI is InChI=1S/C21H23ClN2O/c1-2-3-12-21(25)24-14-17(15-8-4-6-10-19(15)22)18-13-23-20-11-7-5-9-16(18)20/h4-11,13,17,23H,2-3,12,14H2,1H3,(H,24,25). The van der Waals surface area contributed by atoms with E-state index in [4.69, 9.17) is 11.6 Å². The molecule has 0 aliphatic carbocycles. The van der Waals surface area contributed by atoms with Gasteiger partial charge in [-0.2, -0.15) is 0 Å². The lowest BCUT2D eigenvalue weighted by Crippen LogP contribution is -2.28. The number of amides is 1. The number of benzene rings is 2. The molecular weight excluding hydrogens is 332 g/mol. The molecule has 2 aromatic carbocycles. The van der Waals surface area contributed by atoms with E-state index in [1.165, 1.54) is 0 Å². The van der Waals surface area contributed by atoms with Gasteiger partial charge in [0.25, 0.3) is 0 Å².